The molecule has 6 nitrogen and oxygen atoms in total. The van der Waals surface area contributed by atoms with Crippen molar-refractivity contribution >= 4 is 29.8 Å². The number of benzene rings is 3. The molecule has 0 bridgehead atoms. The highest BCUT2D eigenvalue weighted by Crippen LogP contribution is 2.23. The van der Waals surface area contributed by atoms with E-state index in [9.17, 15) is 9.90 Å². The van der Waals surface area contributed by atoms with E-state index >= 15 is 0 Å². The third kappa shape index (κ3) is 7.08. The number of hydrazine groups is 1. The number of nitrogens with two attached hydrogens (primary N) is 1. The summed E-state index contributed by atoms with van der Waals surface area (Å²) >= 11 is 5.81. The zero-order chi connectivity index (χ0) is 22.1. The minimum absolute atomic E-state index is 0.0776. The summed E-state index contributed by atoms with van der Waals surface area (Å²) in [5.74, 6) is 5.55. The fourth-order valence-electron chi connectivity index (χ4n) is 2.78. The van der Waals surface area contributed by atoms with E-state index in [4.69, 9.17) is 17.4 Å². The predicted octanol–water partition coefficient (Wildman–Crippen LogP) is 4.20. The van der Waals surface area contributed by atoms with Crippen LogP contribution in [0.2, 0.25) is 5.02 Å². The number of nitrogens with zero attached hydrogens (tertiary/aromatic N) is 2. The Morgan fingerprint density at radius 2 is 1.77 bits per heavy atom. The topological polar surface area (TPSA) is 91.0 Å². The number of hydrogen-bond acceptors (Lipinski definition) is 5. The molecule has 0 atom stereocenters. The summed E-state index contributed by atoms with van der Waals surface area (Å²) in [6.45, 7) is 1.31. The van der Waals surface area contributed by atoms with Gasteiger partial charge in [-0.2, -0.15) is 5.10 Å². The van der Waals surface area contributed by atoms with Crippen LogP contribution in [0.5, 0.6) is 5.75 Å². The smallest absolute Gasteiger partial charge is 0.271 e. The zero-order valence-corrected chi connectivity index (χ0v) is 17.5. The molecule has 0 saturated heterocycles. The van der Waals surface area contributed by atoms with E-state index < -0.39 is 5.91 Å². The van der Waals surface area contributed by atoms with Crippen LogP contribution in [0.3, 0.4) is 0 Å². The molecule has 0 aliphatic carbocycles. The Labute approximate surface area is 186 Å². The summed E-state index contributed by atoms with van der Waals surface area (Å²) in [5.41, 5.74) is 5.78. The second kappa shape index (κ2) is 11.1. The molecule has 4 N–H and O–H groups in total. The van der Waals surface area contributed by atoms with Crippen molar-refractivity contribution in [2.75, 3.05) is 6.54 Å². The number of amides is 1. The van der Waals surface area contributed by atoms with Gasteiger partial charge in [0.15, 0.2) is 0 Å². The minimum Gasteiger partial charge on any atom is -0.506 e. The lowest BCUT2D eigenvalue weighted by Gasteiger charge is -2.13. The molecule has 0 radical (unpaired) electrons. The maximum atomic E-state index is 12.1. The van der Waals surface area contributed by atoms with E-state index in [2.05, 4.69) is 10.5 Å². The van der Waals surface area contributed by atoms with E-state index in [1.54, 1.807) is 11.2 Å². The van der Waals surface area contributed by atoms with Crippen molar-refractivity contribution < 1.29 is 9.90 Å². The molecular formula is C24H23ClN4O2. The van der Waals surface area contributed by atoms with Gasteiger partial charge in [0, 0.05) is 18.7 Å². The molecule has 7 heteroatoms. The second-order valence-corrected chi connectivity index (χ2v) is 7.26. The van der Waals surface area contributed by atoms with E-state index in [0.29, 0.717) is 18.7 Å². The highest BCUT2D eigenvalue weighted by atomic mass is 35.5. The molecule has 158 valence electrons. The number of rotatable bonds is 8. The average Bonchev–Trinajstić information content (AvgIpc) is 2.77. The van der Waals surface area contributed by atoms with Gasteiger partial charge in [-0.3, -0.25) is 10.6 Å². The van der Waals surface area contributed by atoms with Crippen LogP contribution in [0.15, 0.2) is 84.0 Å². The van der Waals surface area contributed by atoms with Crippen LogP contribution in [-0.2, 0) is 6.54 Å². The molecule has 0 heterocycles. The molecule has 31 heavy (non-hydrogen) atoms. The molecule has 0 aliphatic heterocycles. The normalized spacial score (nSPS) is 11.5. The minimum atomic E-state index is -0.417. The van der Waals surface area contributed by atoms with E-state index in [1.165, 1.54) is 23.8 Å². The van der Waals surface area contributed by atoms with Crippen LogP contribution >= 0.6 is 11.6 Å². The largest absolute Gasteiger partial charge is 0.506 e. The van der Waals surface area contributed by atoms with Crippen LogP contribution < -0.4 is 11.3 Å². The van der Waals surface area contributed by atoms with E-state index in [0.717, 1.165) is 11.1 Å². The first-order chi connectivity index (χ1) is 15.0. The Bertz CT molecular complexity index is 1070. The van der Waals surface area contributed by atoms with Gasteiger partial charge in [0.2, 0.25) is 0 Å². The number of hydrazone groups is 1. The molecule has 3 rings (SSSR count). The Morgan fingerprint density at radius 1 is 1.06 bits per heavy atom. The maximum absolute atomic E-state index is 12.1. The first-order valence-electron chi connectivity index (χ1n) is 9.63. The van der Waals surface area contributed by atoms with Crippen molar-refractivity contribution in [3.63, 3.8) is 0 Å². The van der Waals surface area contributed by atoms with Crippen molar-refractivity contribution in [3.8, 4) is 5.75 Å². The molecule has 0 unspecified atom stereocenters. The monoisotopic (exact) mass is 434 g/mol. The molecule has 1 amide bonds. The molecular weight excluding hydrogens is 412 g/mol. The van der Waals surface area contributed by atoms with Crippen LogP contribution in [0.1, 0.15) is 27.0 Å². The summed E-state index contributed by atoms with van der Waals surface area (Å²) in [6, 6.07) is 22.0. The summed E-state index contributed by atoms with van der Waals surface area (Å²) in [7, 11) is 0. The quantitative estimate of drug-likeness (QED) is 0.281. The summed E-state index contributed by atoms with van der Waals surface area (Å²) in [4.78, 5) is 12.1. The van der Waals surface area contributed by atoms with Gasteiger partial charge in [0.25, 0.3) is 5.91 Å². The van der Waals surface area contributed by atoms with Crippen molar-refractivity contribution in [3.05, 3.63) is 106 Å². The van der Waals surface area contributed by atoms with Crippen LogP contribution in [0.25, 0.3) is 6.08 Å². The van der Waals surface area contributed by atoms with Crippen LogP contribution in [0.4, 0.5) is 0 Å². The van der Waals surface area contributed by atoms with Gasteiger partial charge < -0.3 is 5.11 Å². The summed E-state index contributed by atoms with van der Waals surface area (Å²) in [5, 5.41) is 15.2. The second-order valence-electron chi connectivity index (χ2n) is 6.85. The number of carbonyl (C=O) groups excluding carboxylic acids is 1. The first-order valence-corrected chi connectivity index (χ1v) is 10.0. The van der Waals surface area contributed by atoms with Gasteiger partial charge in [0.05, 0.1) is 11.2 Å². The number of phenolic OH excluding ortho intramolecular Hbond substituents is 1. The Balaban J connectivity index is 1.47. The standard InChI is InChI=1S/C24H23ClN4O2/c25-22-15-21(12-13-23(22)30)24(31)28-27-16-19-10-8-18(9-11-19)7-4-14-29(26)17-20-5-2-1-3-6-20/h1-13,15-16,30H,14,17,26H2,(H,28,31)/b7-4+,27-16+. The molecule has 3 aromatic rings. The number of nitrogens with one attached hydrogen (secondary N) is 1. The average molecular weight is 435 g/mol. The van der Waals surface area contributed by atoms with Gasteiger partial charge >= 0.3 is 0 Å². The number of phenols is 1. The Morgan fingerprint density at radius 3 is 2.48 bits per heavy atom. The number of halogens is 1. The fraction of sp³-hybridized carbons (Fsp3) is 0.0833. The van der Waals surface area contributed by atoms with Gasteiger partial charge in [-0.15, -0.1) is 0 Å². The van der Waals surface area contributed by atoms with Crippen molar-refractivity contribution in [1.29, 1.82) is 0 Å². The predicted molar refractivity (Wildman–Crippen MR) is 125 cm³/mol. The lowest BCUT2D eigenvalue weighted by molar-refractivity contribution is 0.0955. The number of aromatic hydroxyl groups is 1. The third-order valence-electron chi connectivity index (χ3n) is 4.40. The van der Waals surface area contributed by atoms with Crippen molar-refractivity contribution in [1.82, 2.24) is 10.4 Å². The summed E-state index contributed by atoms with van der Waals surface area (Å²) in [6.07, 6.45) is 5.56. The Kier molecular flexibility index (Phi) is 7.95. The van der Waals surface area contributed by atoms with Gasteiger partial charge in [-0.1, -0.05) is 78.4 Å². The van der Waals surface area contributed by atoms with Crippen LogP contribution in [-0.4, -0.2) is 28.8 Å². The van der Waals surface area contributed by atoms with Crippen LogP contribution in [0, 0.1) is 0 Å². The summed E-state index contributed by atoms with van der Waals surface area (Å²) < 4.78 is 0. The van der Waals surface area contributed by atoms with E-state index in [1.807, 2.05) is 66.7 Å². The van der Waals surface area contributed by atoms with Crippen molar-refractivity contribution in [2.45, 2.75) is 6.54 Å². The van der Waals surface area contributed by atoms with Gasteiger partial charge in [-0.05, 0) is 34.9 Å². The Hall–Kier alpha value is -3.45. The molecule has 3 aromatic carbocycles. The van der Waals surface area contributed by atoms with Crippen molar-refractivity contribution in [2.24, 2.45) is 10.9 Å². The number of hydrogen-bond donors (Lipinski definition) is 3. The lowest BCUT2D eigenvalue weighted by Crippen LogP contribution is -2.30. The van der Waals surface area contributed by atoms with Gasteiger partial charge in [0.1, 0.15) is 5.75 Å². The highest BCUT2D eigenvalue weighted by Gasteiger charge is 2.07. The fourth-order valence-corrected chi connectivity index (χ4v) is 2.96. The van der Waals surface area contributed by atoms with E-state index in [-0.39, 0.29) is 10.8 Å². The zero-order valence-electron chi connectivity index (χ0n) is 16.8. The molecule has 0 fully saturated rings. The lowest BCUT2D eigenvalue weighted by atomic mass is 10.1. The first kappa shape index (κ1) is 22.2. The third-order valence-corrected chi connectivity index (χ3v) is 4.71. The maximum Gasteiger partial charge on any atom is 0.271 e. The molecule has 0 aromatic heterocycles. The SMILES string of the molecule is NN(C/C=C/c1ccc(/C=N/NC(=O)c2ccc(O)c(Cl)c2)cc1)Cc1ccccc1. The van der Waals surface area contributed by atoms with Gasteiger partial charge in [-0.25, -0.2) is 10.4 Å². The molecule has 0 saturated carbocycles. The molecule has 0 spiro atoms. The highest BCUT2D eigenvalue weighted by molar-refractivity contribution is 6.32. The molecule has 0 aliphatic rings. The number of carbonyl (C=O) groups is 1.